The molecule has 1 aromatic carbocycles. The Bertz CT molecular complexity index is 453. The van der Waals surface area contributed by atoms with E-state index in [-0.39, 0.29) is 18.5 Å². The lowest BCUT2D eigenvalue weighted by Gasteiger charge is -2.15. The number of alkyl halides is 1. The lowest BCUT2D eigenvalue weighted by Crippen LogP contribution is -2.35. The molecule has 2 rings (SSSR count). The third-order valence-corrected chi connectivity index (χ3v) is 3.62. The van der Waals surface area contributed by atoms with E-state index in [1.165, 1.54) is 0 Å². The van der Waals surface area contributed by atoms with Crippen LogP contribution in [-0.4, -0.2) is 44.2 Å². The van der Waals surface area contributed by atoms with Crippen molar-refractivity contribution in [3.05, 3.63) is 29.8 Å². The van der Waals surface area contributed by atoms with E-state index in [2.05, 4.69) is 5.32 Å². The highest BCUT2D eigenvalue weighted by Crippen LogP contribution is 2.17. The van der Waals surface area contributed by atoms with E-state index < -0.39 is 0 Å². The first-order chi connectivity index (χ1) is 9.72. The van der Waals surface area contributed by atoms with Gasteiger partial charge in [0, 0.05) is 24.6 Å². The predicted octanol–water partition coefficient (Wildman–Crippen LogP) is 1.60. The maximum Gasteiger partial charge on any atom is 0.234 e. The number of ether oxygens (including phenoxy) is 1. The molecule has 1 fully saturated rings. The number of benzene rings is 1. The number of carbonyl (C=O) groups is 1. The van der Waals surface area contributed by atoms with Crippen molar-refractivity contribution in [3.63, 3.8) is 0 Å². The molecule has 1 heterocycles. The SMILES string of the molecule is COc1ccccc1CNC(=O)CN1CCC(CF)C1. The number of para-hydroxylation sites is 1. The van der Waals surface area contributed by atoms with Gasteiger partial charge in [-0.1, -0.05) is 18.2 Å². The topological polar surface area (TPSA) is 41.6 Å². The summed E-state index contributed by atoms with van der Waals surface area (Å²) in [6.07, 6.45) is 0.844. The molecule has 1 saturated heterocycles. The molecule has 1 atom stereocenters. The average Bonchev–Trinajstić information content (AvgIpc) is 2.93. The van der Waals surface area contributed by atoms with Gasteiger partial charge in [-0.3, -0.25) is 14.1 Å². The maximum absolute atomic E-state index is 12.5. The van der Waals surface area contributed by atoms with Gasteiger partial charge in [0.15, 0.2) is 0 Å². The van der Waals surface area contributed by atoms with Crippen LogP contribution >= 0.6 is 0 Å². The first-order valence-corrected chi connectivity index (χ1v) is 6.90. The van der Waals surface area contributed by atoms with Gasteiger partial charge in [0.05, 0.1) is 20.3 Å². The molecule has 110 valence electrons. The molecule has 1 aliphatic heterocycles. The Morgan fingerprint density at radius 3 is 3.00 bits per heavy atom. The standard InChI is InChI=1S/C15H21FN2O2/c1-20-14-5-3-2-4-13(14)9-17-15(19)11-18-7-6-12(8-16)10-18/h2-5,12H,6-11H2,1H3,(H,17,19). The highest BCUT2D eigenvalue weighted by Gasteiger charge is 2.23. The zero-order chi connectivity index (χ0) is 14.4. The van der Waals surface area contributed by atoms with Crippen molar-refractivity contribution < 1.29 is 13.9 Å². The molecule has 0 radical (unpaired) electrons. The highest BCUT2D eigenvalue weighted by molar-refractivity contribution is 5.78. The van der Waals surface area contributed by atoms with E-state index in [1.807, 2.05) is 29.2 Å². The van der Waals surface area contributed by atoms with Crippen molar-refractivity contribution in [1.29, 1.82) is 0 Å². The normalized spacial score (nSPS) is 19.0. The summed E-state index contributed by atoms with van der Waals surface area (Å²) in [6.45, 7) is 1.98. The van der Waals surface area contributed by atoms with Gasteiger partial charge in [-0.05, 0) is 19.0 Å². The molecule has 1 aliphatic rings. The number of hydrogen-bond donors (Lipinski definition) is 1. The second-order valence-electron chi connectivity index (χ2n) is 5.13. The Hall–Kier alpha value is -1.62. The summed E-state index contributed by atoms with van der Waals surface area (Å²) >= 11 is 0. The second-order valence-corrected chi connectivity index (χ2v) is 5.13. The van der Waals surface area contributed by atoms with Crippen LogP contribution in [0.1, 0.15) is 12.0 Å². The summed E-state index contributed by atoms with van der Waals surface area (Å²) in [5.41, 5.74) is 0.950. The van der Waals surface area contributed by atoms with Gasteiger partial charge < -0.3 is 10.1 Å². The van der Waals surface area contributed by atoms with Gasteiger partial charge in [0.1, 0.15) is 5.75 Å². The first-order valence-electron chi connectivity index (χ1n) is 6.90. The molecule has 1 amide bonds. The summed E-state index contributed by atoms with van der Waals surface area (Å²) < 4.78 is 17.8. The summed E-state index contributed by atoms with van der Waals surface area (Å²) in [6, 6.07) is 7.60. The van der Waals surface area contributed by atoms with Gasteiger partial charge in [-0.2, -0.15) is 0 Å². The fourth-order valence-corrected chi connectivity index (χ4v) is 2.48. The minimum Gasteiger partial charge on any atom is -0.496 e. The zero-order valence-electron chi connectivity index (χ0n) is 11.8. The number of nitrogens with zero attached hydrogens (tertiary/aromatic N) is 1. The Balaban J connectivity index is 1.78. The molecule has 0 aliphatic carbocycles. The number of likely N-dealkylation sites (tertiary alicyclic amines) is 1. The Kier molecular flexibility index (Phi) is 5.35. The maximum atomic E-state index is 12.5. The van der Waals surface area contributed by atoms with Crippen LogP contribution in [0.25, 0.3) is 0 Å². The van der Waals surface area contributed by atoms with Gasteiger partial charge >= 0.3 is 0 Å². The number of hydrogen-bond acceptors (Lipinski definition) is 3. The monoisotopic (exact) mass is 280 g/mol. The Labute approximate surface area is 118 Å². The van der Waals surface area contributed by atoms with Crippen LogP contribution in [0.2, 0.25) is 0 Å². The van der Waals surface area contributed by atoms with Gasteiger partial charge in [0.2, 0.25) is 5.91 Å². The van der Waals surface area contributed by atoms with Gasteiger partial charge in [-0.15, -0.1) is 0 Å². The molecule has 0 spiro atoms. The Morgan fingerprint density at radius 2 is 2.30 bits per heavy atom. The number of nitrogens with one attached hydrogen (secondary N) is 1. The van der Waals surface area contributed by atoms with Crippen LogP contribution < -0.4 is 10.1 Å². The number of methoxy groups -OCH3 is 1. The van der Waals surface area contributed by atoms with E-state index in [1.54, 1.807) is 7.11 Å². The van der Waals surface area contributed by atoms with Gasteiger partial charge in [0.25, 0.3) is 0 Å². The minimum absolute atomic E-state index is 0.0320. The molecule has 0 bridgehead atoms. The molecular weight excluding hydrogens is 259 g/mol. The number of carbonyl (C=O) groups excluding carboxylic acids is 1. The van der Waals surface area contributed by atoms with E-state index in [4.69, 9.17) is 4.74 Å². The number of halogens is 1. The fraction of sp³-hybridized carbons (Fsp3) is 0.533. The number of rotatable bonds is 6. The van der Waals surface area contributed by atoms with E-state index in [9.17, 15) is 9.18 Å². The predicted molar refractivity (Wildman–Crippen MR) is 75.4 cm³/mol. The highest BCUT2D eigenvalue weighted by atomic mass is 19.1. The Morgan fingerprint density at radius 1 is 1.50 bits per heavy atom. The molecule has 5 heteroatoms. The van der Waals surface area contributed by atoms with Crippen molar-refractivity contribution in [2.45, 2.75) is 13.0 Å². The van der Waals surface area contributed by atoms with Crippen molar-refractivity contribution in [1.82, 2.24) is 10.2 Å². The largest absolute Gasteiger partial charge is 0.496 e. The van der Waals surface area contributed by atoms with E-state index in [0.29, 0.717) is 19.6 Å². The summed E-state index contributed by atoms with van der Waals surface area (Å²) in [5, 5.41) is 2.88. The molecule has 0 saturated carbocycles. The third-order valence-electron chi connectivity index (χ3n) is 3.62. The smallest absolute Gasteiger partial charge is 0.234 e. The van der Waals surface area contributed by atoms with Crippen LogP contribution in [0.5, 0.6) is 5.75 Å². The quantitative estimate of drug-likeness (QED) is 0.860. The molecular formula is C15H21FN2O2. The molecule has 4 nitrogen and oxygen atoms in total. The minimum atomic E-state index is -0.292. The lowest BCUT2D eigenvalue weighted by molar-refractivity contribution is -0.122. The molecule has 1 aromatic rings. The first kappa shape index (κ1) is 14.8. The summed E-state index contributed by atoms with van der Waals surface area (Å²) in [4.78, 5) is 13.9. The lowest BCUT2D eigenvalue weighted by atomic mass is 10.1. The van der Waals surface area contributed by atoms with Crippen LogP contribution in [0, 0.1) is 5.92 Å². The van der Waals surface area contributed by atoms with Crippen LogP contribution in [-0.2, 0) is 11.3 Å². The van der Waals surface area contributed by atoms with Crippen molar-refractivity contribution in [2.75, 3.05) is 33.4 Å². The third kappa shape index (κ3) is 3.93. The van der Waals surface area contributed by atoms with E-state index in [0.717, 1.165) is 24.3 Å². The zero-order valence-corrected chi connectivity index (χ0v) is 11.8. The van der Waals surface area contributed by atoms with Crippen molar-refractivity contribution >= 4 is 5.91 Å². The molecule has 1 unspecified atom stereocenters. The van der Waals surface area contributed by atoms with E-state index >= 15 is 0 Å². The van der Waals surface area contributed by atoms with Gasteiger partial charge in [-0.25, -0.2) is 0 Å². The van der Waals surface area contributed by atoms with Crippen LogP contribution in [0.15, 0.2) is 24.3 Å². The molecule has 0 aromatic heterocycles. The second kappa shape index (κ2) is 7.24. The van der Waals surface area contributed by atoms with Crippen molar-refractivity contribution in [2.24, 2.45) is 5.92 Å². The summed E-state index contributed by atoms with van der Waals surface area (Å²) in [5.74, 6) is 0.832. The molecule has 20 heavy (non-hydrogen) atoms. The summed E-state index contributed by atoms with van der Waals surface area (Å²) in [7, 11) is 1.61. The molecule has 1 N–H and O–H groups in total. The van der Waals surface area contributed by atoms with Crippen LogP contribution in [0.3, 0.4) is 0 Å². The van der Waals surface area contributed by atoms with Crippen molar-refractivity contribution in [3.8, 4) is 5.75 Å². The van der Waals surface area contributed by atoms with Crippen LogP contribution in [0.4, 0.5) is 4.39 Å². The fourth-order valence-electron chi connectivity index (χ4n) is 2.48. The number of amides is 1. The average molecular weight is 280 g/mol.